The number of nitrogens with zero attached hydrogens (tertiary/aromatic N) is 3. The maximum absolute atomic E-state index is 12.0. The Balaban J connectivity index is 2.04. The number of aromatic nitrogens is 3. The molecule has 0 aromatic carbocycles. The number of hydrogen-bond donors (Lipinski definition) is 2. The lowest BCUT2D eigenvalue weighted by Gasteiger charge is -2.07. The molecule has 0 bridgehead atoms. The first-order valence-corrected chi connectivity index (χ1v) is 7.41. The van der Waals surface area contributed by atoms with Crippen LogP contribution in [0.15, 0.2) is 18.5 Å². The molecule has 2 aromatic heterocycles. The first-order chi connectivity index (χ1) is 10.5. The standard InChI is InChI=1S/C15H21N5O2/c1-4-5-16-13(21)9-18-15(22)12-6-11-8-19-20(10(2)3)14(11)17-7-12/h6-8,10H,4-5,9H2,1-3H3,(H,16,21)(H,18,22). The summed E-state index contributed by atoms with van der Waals surface area (Å²) in [5, 5.41) is 10.3. The predicted octanol–water partition coefficient (Wildman–Crippen LogP) is 1.27. The van der Waals surface area contributed by atoms with Gasteiger partial charge in [0.05, 0.1) is 18.3 Å². The van der Waals surface area contributed by atoms with Crippen molar-refractivity contribution < 1.29 is 9.59 Å². The molecule has 0 spiro atoms. The second-order valence-electron chi connectivity index (χ2n) is 5.35. The van der Waals surface area contributed by atoms with E-state index in [0.29, 0.717) is 12.1 Å². The topological polar surface area (TPSA) is 88.9 Å². The van der Waals surface area contributed by atoms with Crippen LogP contribution in [0, 0.1) is 0 Å². The Bertz CT molecular complexity index is 678. The molecule has 0 radical (unpaired) electrons. The zero-order valence-electron chi connectivity index (χ0n) is 13.1. The second-order valence-corrected chi connectivity index (χ2v) is 5.35. The van der Waals surface area contributed by atoms with Crippen LogP contribution in [0.5, 0.6) is 0 Å². The van der Waals surface area contributed by atoms with Crippen LogP contribution >= 0.6 is 0 Å². The van der Waals surface area contributed by atoms with Crippen LogP contribution in [0.3, 0.4) is 0 Å². The number of amides is 2. The molecule has 0 aliphatic carbocycles. The van der Waals surface area contributed by atoms with Gasteiger partial charge in [-0.1, -0.05) is 6.92 Å². The molecular weight excluding hydrogens is 282 g/mol. The number of nitrogens with one attached hydrogen (secondary N) is 2. The largest absolute Gasteiger partial charge is 0.355 e. The molecule has 0 saturated carbocycles. The van der Waals surface area contributed by atoms with Gasteiger partial charge in [-0.25, -0.2) is 9.67 Å². The third kappa shape index (κ3) is 3.60. The Morgan fingerprint density at radius 2 is 2.05 bits per heavy atom. The van der Waals surface area contributed by atoms with Crippen molar-refractivity contribution in [3.8, 4) is 0 Å². The number of carbonyl (C=O) groups excluding carboxylic acids is 2. The number of hydrogen-bond acceptors (Lipinski definition) is 4. The van der Waals surface area contributed by atoms with Crippen molar-refractivity contribution in [2.75, 3.05) is 13.1 Å². The number of pyridine rings is 1. The van der Waals surface area contributed by atoms with E-state index < -0.39 is 0 Å². The van der Waals surface area contributed by atoms with Crippen molar-refractivity contribution in [3.05, 3.63) is 24.0 Å². The molecule has 0 atom stereocenters. The van der Waals surface area contributed by atoms with Crippen molar-refractivity contribution >= 4 is 22.8 Å². The Morgan fingerprint density at radius 1 is 1.27 bits per heavy atom. The highest BCUT2D eigenvalue weighted by atomic mass is 16.2. The van der Waals surface area contributed by atoms with Gasteiger partial charge in [-0.3, -0.25) is 9.59 Å². The first kappa shape index (κ1) is 15.9. The number of rotatable bonds is 6. The average Bonchev–Trinajstić information content (AvgIpc) is 2.93. The summed E-state index contributed by atoms with van der Waals surface area (Å²) in [5.41, 5.74) is 1.16. The van der Waals surface area contributed by atoms with Gasteiger partial charge in [-0.05, 0) is 26.3 Å². The Hall–Kier alpha value is -2.44. The molecule has 2 N–H and O–H groups in total. The summed E-state index contributed by atoms with van der Waals surface area (Å²) in [6.07, 6.45) is 4.05. The molecule has 0 fully saturated rings. The van der Waals surface area contributed by atoms with E-state index in [0.717, 1.165) is 17.5 Å². The third-order valence-electron chi connectivity index (χ3n) is 3.17. The van der Waals surface area contributed by atoms with E-state index in [1.807, 2.05) is 20.8 Å². The summed E-state index contributed by atoms with van der Waals surface area (Å²) in [4.78, 5) is 27.8. The Labute approximate surface area is 129 Å². The minimum absolute atomic E-state index is 0.0396. The highest BCUT2D eigenvalue weighted by Crippen LogP contribution is 2.16. The van der Waals surface area contributed by atoms with Crippen LogP contribution in [0.25, 0.3) is 11.0 Å². The van der Waals surface area contributed by atoms with E-state index in [-0.39, 0.29) is 24.4 Å². The van der Waals surface area contributed by atoms with E-state index in [1.54, 1.807) is 16.9 Å². The van der Waals surface area contributed by atoms with Crippen LogP contribution in [0.1, 0.15) is 43.6 Å². The number of fused-ring (bicyclic) bond motifs is 1. The molecule has 0 unspecified atom stereocenters. The molecule has 2 rings (SSSR count). The summed E-state index contributed by atoms with van der Waals surface area (Å²) in [6.45, 7) is 6.57. The molecule has 0 aliphatic rings. The van der Waals surface area contributed by atoms with Crippen molar-refractivity contribution in [3.63, 3.8) is 0 Å². The SMILES string of the molecule is CCCNC(=O)CNC(=O)c1cnc2c(cnn2C(C)C)c1. The van der Waals surface area contributed by atoms with E-state index in [4.69, 9.17) is 0 Å². The zero-order chi connectivity index (χ0) is 16.1. The highest BCUT2D eigenvalue weighted by molar-refractivity contribution is 5.98. The molecule has 0 aliphatic heterocycles. The van der Waals surface area contributed by atoms with E-state index in [9.17, 15) is 9.59 Å². The third-order valence-corrected chi connectivity index (χ3v) is 3.17. The summed E-state index contributed by atoms with van der Waals surface area (Å²) in [5.74, 6) is -0.518. The van der Waals surface area contributed by atoms with Crippen LogP contribution in [-0.2, 0) is 4.79 Å². The zero-order valence-corrected chi connectivity index (χ0v) is 13.1. The Kier molecular flexibility index (Phi) is 5.08. The fourth-order valence-electron chi connectivity index (χ4n) is 2.03. The van der Waals surface area contributed by atoms with Gasteiger partial charge in [0.1, 0.15) is 0 Å². The minimum Gasteiger partial charge on any atom is -0.355 e. The summed E-state index contributed by atoms with van der Waals surface area (Å²) in [7, 11) is 0. The van der Waals surface area contributed by atoms with E-state index in [2.05, 4.69) is 20.7 Å². The smallest absolute Gasteiger partial charge is 0.253 e. The van der Waals surface area contributed by atoms with Gasteiger partial charge in [0.25, 0.3) is 5.91 Å². The molecular formula is C15H21N5O2. The summed E-state index contributed by atoms with van der Waals surface area (Å²) in [6, 6.07) is 1.93. The molecule has 22 heavy (non-hydrogen) atoms. The maximum atomic E-state index is 12.0. The second kappa shape index (κ2) is 7.02. The van der Waals surface area contributed by atoms with Crippen LogP contribution in [-0.4, -0.2) is 39.7 Å². The van der Waals surface area contributed by atoms with Gasteiger partial charge in [0, 0.05) is 24.2 Å². The molecule has 2 heterocycles. The quantitative estimate of drug-likeness (QED) is 0.841. The van der Waals surface area contributed by atoms with Gasteiger partial charge < -0.3 is 10.6 Å². The van der Waals surface area contributed by atoms with Crippen molar-refractivity contribution in [2.45, 2.75) is 33.2 Å². The number of carbonyl (C=O) groups is 2. The summed E-state index contributed by atoms with van der Waals surface area (Å²) >= 11 is 0. The lowest BCUT2D eigenvalue weighted by Crippen LogP contribution is -2.37. The average molecular weight is 303 g/mol. The molecule has 2 amide bonds. The highest BCUT2D eigenvalue weighted by Gasteiger charge is 2.12. The monoisotopic (exact) mass is 303 g/mol. The maximum Gasteiger partial charge on any atom is 0.253 e. The molecule has 2 aromatic rings. The molecule has 0 saturated heterocycles. The predicted molar refractivity (Wildman–Crippen MR) is 83.5 cm³/mol. The van der Waals surface area contributed by atoms with Crippen molar-refractivity contribution in [1.29, 1.82) is 0 Å². The Morgan fingerprint density at radius 3 is 2.73 bits per heavy atom. The van der Waals surface area contributed by atoms with Crippen LogP contribution in [0.2, 0.25) is 0 Å². The van der Waals surface area contributed by atoms with E-state index in [1.165, 1.54) is 6.20 Å². The van der Waals surface area contributed by atoms with E-state index >= 15 is 0 Å². The fraction of sp³-hybridized carbons (Fsp3) is 0.467. The molecule has 118 valence electrons. The first-order valence-electron chi connectivity index (χ1n) is 7.41. The van der Waals surface area contributed by atoms with Crippen LogP contribution < -0.4 is 10.6 Å². The van der Waals surface area contributed by atoms with Crippen molar-refractivity contribution in [2.24, 2.45) is 0 Å². The lowest BCUT2D eigenvalue weighted by molar-refractivity contribution is -0.120. The molecule has 7 heteroatoms. The van der Waals surface area contributed by atoms with Gasteiger partial charge in [-0.2, -0.15) is 5.10 Å². The van der Waals surface area contributed by atoms with Gasteiger partial charge >= 0.3 is 0 Å². The van der Waals surface area contributed by atoms with Crippen LogP contribution in [0.4, 0.5) is 0 Å². The van der Waals surface area contributed by atoms with Gasteiger partial charge in [-0.15, -0.1) is 0 Å². The van der Waals surface area contributed by atoms with Gasteiger partial charge in [0.15, 0.2) is 5.65 Å². The van der Waals surface area contributed by atoms with Crippen molar-refractivity contribution in [1.82, 2.24) is 25.4 Å². The molecule has 7 nitrogen and oxygen atoms in total. The fourth-order valence-corrected chi connectivity index (χ4v) is 2.03. The lowest BCUT2D eigenvalue weighted by atomic mass is 10.2. The summed E-state index contributed by atoms with van der Waals surface area (Å²) < 4.78 is 1.80. The van der Waals surface area contributed by atoms with Gasteiger partial charge in [0.2, 0.25) is 5.91 Å². The normalized spacial score (nSPS) is 10.9. The minimum atomic E-state index is -0.321.